The molecular weight excluding hydrogens is 252 g/mol. The molecule has 2 aromatic rings. The minimum Gasteiger partial charge on any atom is -0.338 e. The zero-order valence-electron chi connectivity index (χ0n) is 11.5. The first-order valence-corrected chi connectivity index (χ1v) is 6.66. The van der Waals surface area contributed by atoms with E-state index >= 15 is 0 Å². The average molecular weight is 270 g/mol. The van der Waals surface area contributed by atoms with Gasteiger partial charge in [0.25, 0.3) is 0 Å². The second kappa shape index (κ2) is 7.23. The summed E-state index contributed by atoms with van der Waals surface area (Å²) in [7, 11) is 0. The zero-order valence-corrected chi connectivity index (χ0v) is 11.5. The first-order chi connectivity index (χ1) is 9.79. The summed E-state index contributed by atoms with van der Waals surface area (Å²) in [5.74, 6) is 0. The molecule has 0 radical (unpaired) electrons. The summed E-state index contributed by atoms with van der Waals surface area (Å²) < 4.78 is 0. The highest BCUT2D eigenvalue weighted by Crippen LogP contribution is 2.16. The van der Waals surface area contributed by atoms with Gasteiger partial charge in [-0.25, -0.2) is 4.79 Å². The van der Waals surface area contributed by atoms with Crippen LogP contribution in [0, 0.1) is 0 Å². The Morgan fingerprint density at radius 2 is 1.95 bits per heavy atom. The number of rotatable bonds is 5. The molecule has 0 aromatic carbocycles. The molecule has 0 spiro atoms. The molecule has 2 aromatic heterocycles. The van der Waals surface area contributed by atoms with E-state index in [2.05, 4.69) is 20.6 Å². The monoisotopic (exact) mass is 270 g/mol. The van der Waals surface area contributed by atoms with E-state index in [4.69, 9.17) is 0 Å². The molecule has 0 fully saturated rings. The summed E-state index contributed by atoms with van der Waals surface area (Å²) in [6.45, 7) is 3.19. The number of carbonyl (C=O) groups excluding carboxylic acids is 1. The van der Waals surface area contributed by atoms with Crippen LogP contribution in [0.25, 0.3) is 11.3 Å². The van der Waals surface area contributed by atoms with Gasteiger partial charge in [0.05, 0.1) is 5.69 Å². The minimum atomic E-state index is -0.144. The molecule has 2 N–H and O–H groups in total. The lowest BCUT2D eigenvalue weighted by Crippen LogP contribution is -2.35. The SMILES string of the molecule is CCCNC(=O)NCc1ccnc(-c2ccncc2)c1. The molecule has 0 aliphatic heterocycles. The van der Waals surface area contributed by atoms with Crippen molar-refractivity contribution in [1.29, 1.82) is 0 Å². The van der Waals surface area contributed by atoms with E-state index in [-0.39, 0.29) is 6.03 Å². The van der Waals surface area contributed by atoms with Gasteiger partial charge >= 0.3 is 6.03 Å². The summed E-state index contributed by atoms with van der Waals surface area (Å²) >= 11 is 0. The third kappa shape index (κ3) is 4.05. The van der Waals surface area contributed by atoms with E-state index in [1.807, 2.05) is 31.2 Å². The predicted octanol–water partition coefficient (Wildman–Crippen LogP) is 2.35. The van der Waals surface area contributed by atoms with E-state index < -0.39 is 0 Å². The van der Waals surface area contributed by atoms with Gasteiger partial charge in [0, 0.05) is 37.2 Å². The molecule has 0 unspecified atom stereocenters. The molecule has 104 valence electrons. The third-order valence-electron chi connectivity index (χ3n) is 2.79. The van der Waals surface area contributed by atoms with Crippen molar-refractivity contribution in [3.63, 3.8) is 0 Å². The Morgan fingerprint density at radius 1 is 1.15 bits per heavy atom. The molecule has 0 aliphatic rings. The smallest absolute Gasteiger partial charge is 0.315 e. The Morgan fingerprint density at radius 3 is 2.70 bits per heavy atom. The van der Waals surface area contributed by atoms with Crippen LogP contribution in [0.15, 0.2) is 42.9 Å². The molecule has 2 amide bonds. The van der Waals surface area contributed by atoms with Crippen LogP contribution in [0.1, 0.15) is 18.9 Å². The number of carbonyl (C=O) groups is 1. The zero-order chi connectivity index (χ0) is 14.2. The fourth-order valence-electron chi connectivity index (χ4n) is 1.75. The lowest BCUT2D eigenvalue weighted by molar-refractivity contribution is 0.240. The van der Waals surface area contributed by atoms with Crippen LogP contribution < -0.4 is 10.6 Å². The van der Waals surface area contributed by atoms with Crippen LogP contribution in [0.2, 0.25) is 0 Å². The van der Waals surface area contributed by atoms with Gasteiger partial charge in [0.1, 0.15) is 0 Å². The third-order valence-corrected chi connectivity index (χ3v) is 2.79. The lowest BCUT2D eigenvalue weighted by Gasteiger charge is -2.08. The van der Waals surface area contributed by atoms with Gasteiger partial charge in [0.2, 0.25) is 0 Å². The van der Waals surface area contributed by atoms with Crippen molar-refractivity contribution in [2.75, 3.05) is 6.54 Å². The lowest BCUT2D eigenvalue weighted by atomic mass is 10.1. The molecule has 2 heterocycles. The molecule has 20 heavy (non-hydrogen) atoms. The highest BCUT2D eigenvalue weighted by Gasteiger charge is 2.02. The van der Waals surface area contributed by atoms with Crippen molar-refractivity contribution in [3.8, 4) is 11.3 Å². The summed E-state index contributed by atoms with van der Waals surface area (Å²) in [5.41, 5.74) is 2.90. The van der Waals surface area contributed by atoms with Crippen LogP contribution in [-0.4, -0.2) is 22.5 Å². The second-order valence-electron chi connectivity index (χ2n) is 4.39. The van der Waals surface area contributed by atoms with Gasteiger partial charge in [-0.15, -0.1) is 0 Å². The highest BCUT2D eigenvalue weighted by molar-refractivity contribution is 5.73. The van der Waals surface area contributed by atoms with E-state index in [1.165, 1.54) is 0 Å². The van der Waals surface area contributed by atoms with Crippen LogP contribution in [-0.2, 0) is 6.54 Å². The molecular formula is C15H18N4O. The molecule has 2 rings (SSSR count). The maximum absolute atomic E-state index is 11.5. The molecule has 5 nitrogen and oxygen atoms in total. The summed E-state index contributed by atoms with van der Waals surface area (Å²) in [6, 6.07) is 7.54. The quantitative estimate of drug-likeness (QED) is 0.876. The number of nitrogens with zero attached hydrogens (tertiary/aromatic N) is 2. The van der Waals surface area contributed by atoms with Crippen molar-refractivity contribution < 1.29 is 4.79 Å². The number of hydrogen-bond acceptors (Lipinski definition) is 3. The highest BCUT2D eigenvalue weighted by atomic mass is 16.2. The number of hydrogen-bond donors (Lipinski definition) is 2. The Bertz CT molecular complexity index is 557. The van der Waals surface area contributed by atoms with E-state index in [1.54, 1.807) is 18.6 Å². The van der Waals surface area contributed by atoms with Gasteiger partial charge in [-0.3, -0.25) is 9.97 Å². The molecule has 5 heteroatoms. The number of pyridine rings is 2. The molecule has 0 saturated carbocycles. The largest absolute Gasteiger partial charge is 0.338 e. The molecule has 0 atom stereocenters. The maximum atomic E-state index is 11.5. The van der Waals surface area contributed by atoms with E-state index in [0.29, 0.717) is 13.1 Å². The number of amides is 2. The topological polar surface area (TPSA) is 66.9 Å². The van der Waals surface area contributed by atoms with Crippen molar-refractivity contribution in [2.45, 2.75) is 19.9 Å². The summed E-state index contributed by atoms with van der Waals surface area (Å²) in [4.78, 5) is 19.8. The van der Waals surface area contributed by atoms with Crippen LogP contribution in [0.4, 0.5) is 4.79 Å². The molecule has 0 saturated heterocycles. The van der Waals surface area contributed by atoms with E-state index in [0.717, 1.165) is 23.2 Å². The molecule has 0 aliphatic carbocycles. The fraction of sp³-hybridized carbons (Fsp3) is 0.267. The number of urea groups is 1. The second-order valence-corrected chi connectivity index (χ2v) is 4.39. The maximum Gasteiger partial charge on any atom is 0.315 e. The number of nitrogens with one attached hydrogen (secondary N) is 2. The van der Waals surface area contributed by atoms with Crippen molar-refractivity contribution in [1.82, 2.24) is 20.6 Å². The van der Waals surface area contributed by atoms with Gasteiger partial charge < -0.3 is 10.6 Å². The predicted molar refractivity (Wildman–Crippen MR) is 78.0 cm³/mol. The summed E-state index contributed by atoms with van der Waals surface area (Å²) in [6.07, 6.45) is 6.14. The Kier molecular flexibility index (Phi) is 5.06. The van der Waals surface area contributed by atoms with Crippen LogP contribution in [0.5, 0.6) is 0 Å². The van der Waals surface area contributed by atoms with Crippen molar-refractivity contribution in [2.24, 2.45) is 0 Å². The van der Waals surface area contributed by atoms with Gasteiger partial charge in [-0.1, -0.05) is 6.92 Å². The summed E-state index contributed by atoms with van der Waals surface area (Å²) in [5, 5.41) is 5.60. The molecule has 0 bridgehead atoms. The normalized spacial score (nSPS) is 10.1. The average Bonchev–Trinajstić information content (AvgIpc) is 2.52. The number of aromatic nitrogens is 2. The standard InChI is InChI=1S/C15H18N4O/c1-2-6-18-15(20)19-11-12-3-9-17-14(10-12)13-4-7-16-8-5-13/h3-5,7-10H,2,6,11H2,1H3,(H2,18,19,20). The first-order valence-electron chi connectivity index (χ1n) is 6.66. The van der Waals surface area contributed by atoms with Crippen molar-refractivity contribution in [3.05, 3.63) is 48.4 Å². The van der Waals surface area contributed by atoms with E-state index in [9.17, 15) is 4.79 Å². The van der Waals surface area contributed by atoms with Crippen LogP contribution >= 0.6 is 0 Å². The van der Waals surface area contributed by atoms with Gasteiger partial charge in [-0.2, -0.15) is 0 Å². The Labute approximate surface area is 118 Å². The Hall–Kier alpha value is -2.43. The first kappa shape index (κ1) is 14.0. The van der Waals surface area contributed by atoms with Crippen molar-refractivity contribution >= 4 is 6.03 Å². The van der Waals surface area contributed by atoms with Crippen LogP contribution in [0.3, 0.4) is 0 Å². The fourth-order valence-corrected chi connectivity index (χ4v) is 1.75. The Balaban J connectivity index is 1.98. The van der Waals surface area contributed by atoms with Gasteiger partial charge in [-0.05, 0) is 36.2 Å². The minimum absolute atomic E-state index is 0.144. The van der Waals surface area contributed by atoms with Gasteiger partial charge in [0.15, 0.2) is 0 Å².